The van der Waals surface area contributed by atoms with E-state index in [4.69, 9.17) is 32.7 Å². The van der Waals surface area contributed by atoms with Crippen LogP contribution in [0.5, 0.6) is 0 Å². The Balaban J connectivity index is 2.04. The summed E-state index contributed by atoms with van der Waals surface area (Å²) in [5, 5.41) is 0.225. The van der Waals surface area contributed by atoms with E-state index in [-0.39, 0.29) is 28.6 Å². The zero-order valence-corrected chi connectivity index (χ0v) is 14.8. The van der Waals surface area contributed by atoms with E-state index in [1.54, 1.807) is 0 Å². The third-order valence-corrected chi connectivity index (χ3v) is 5.59. The molecule has 0 N–H and O–H groups in total. The Hall–Kier alpha value is -1.02. The summed E-state index contributed by atoms with van der Waals surface area (Å²) in [5.74, 6) is -2.02. The number of ether oxygens (including phenoxy) is 2. The molecule has 3 heterocycles. The van der Waals surface area contributed by atoms with E-state index in [0.717, 1.165) is 4.90 Å². The summed E-state index contributed by atoms with van der Waals surface area (Å²) in [6, 6.07) is 2.64. The van der Waals surface area contributed by atoms with E-state index in [0.29, 0.717) is 5.56 Å². The number of amides is 1. The Morgan fingerprint density at radius 1 is 1.24 bits per heavy atom. The highest BCUT2D eigenvalue weighted by Gasteiger charge is 2.77. The Bertz CT molecular complexity index is 783. The van der Waals surface area contributed by atoms with Gasteiger partial charge in [0.2, 0.25) is 0 Å². The normalized spacial score (nSPS) is 33.2. The molecule has 136 valence electrons. The Labute approximate surface area is 151 Å². The zero-order valence-electron chi connectivity index (χ0n) is 13.3. The zero-order chi connectivity index (χ0) is 18.4. The number of halogens is 5. The van der Waals surface area contributed by atoms with Crippen LogP contribution in [0.25, 0.3) is 0 Å². The molecule has 0 spiro atoms. The average Bonchev–Trinajstić information content (AvgIpc) is 2.90. The van der Waals surface area contributed by atoms with Gasteiger partial charge in [0.1, 0.15) is 6.10 Å². The number of carbonyl (C=O) groups is 1. The van der Waals surface area contributed by atoms with Gasteiger partial charge >= 0.3 is 6.18 Å². The summed E-state index contributed by atoms with van der Waals surface area (Å²) in [6.45, 7) is 2.86. The van der Waals surface area contributed by atoms with Gasteiger partial charge in [-0.3, -0.25) is 4.79 Å². The number of hydrogen-bond donors (Lipinski definition) is 0. The number of carbonyl (C=O) groups excluding carboxylic acids is 1. The molecular formula is C16H14Cl2F3NO3. The molecule has 2 fully saturated rings. The van der Waals surface area contributed by atoms with Crippen LogP contribution in [0.2, 0.25) is 10.0 Å². The van der Waals surface area contributed by atoms with Crippen LogP contribution < -0.4 is 0 Å². The first-order valence-corrected chi connectivity index (χ1v) is 8.47. The number of alkyl halides is 3. The molecule has 9 heteroatoms. The summed E-state index contributed by atoms with van der Waals surface area (Å²) < 4.78 is 54.5. The van der Waals surface area contributed by atoms with Crippen molar-refractivity contribution in [2.24, 2.45) is 0 Å². The third-order valence-electron chi connectivity index (χ3n) is 5.03. The molecule has 1 aromatic rings. The fourth-order valence-corrected chi connectivity index (χ4v) is 4.79. The molecule has 2 saturated heterocycles. The van der Waals surface area contributed by atoms with Crippen molar-refractivity contribution >= 4 is 29.1 Å². The van der Waals surface area contributed by atoms with E-state index in [1.807, 2.05) is 0 Å². The van der Waals surface area contributed by atoms with Crippen LogP contribution in [0.3, 0.4) is 0 Å². The van der Waals surface area contributed by atoms with Crippen molar-refractivity contribution in [3.63, 3.8) is 0 Å². The topological polar surface area (TPSA) is 38.8 Å². The SMILES string of the molecule is CC1(C)O[C@H]2C(=O)N3CCc4c(Cl)cc(Cl)cc4[C@@]3(C(F)(F)F)[C@H]2O1. The number of rotatable bonds is 0. The van der Waals surface area contributed by atoms with Gasteiger partial charge in [-0.25, -0.2) is 0 Å². The fraction of sp³-hybridized carbons (Fsp3) is 0.562. The molecule has 4 nitrogen and oxygen atoms in total. The average molecular weight is 396 g/mol. The van der Waals surface area contributed by atoms with Crippen LogP contribution >= 0.6 is 23.2 Å². The lowest BCUT2D eigenvalue weighted by molar-refractivity contribution is -0.269. The number of fused-ring (bicyclic) bond motifs is 5. The van der Waals surface area contributed by atoms with E-state index < -0.39 is 35.6 Å². The summed E-state index contributed by atoms with van der Waals surface area (Å²) in [6.07, 6.45) is -7.43. The highest BCUT2D eigenvalue weighted by molar-refractivity contribution is 6.35. The Kier molecular flexibility index (Phi) is 3.50. The van der Waals surface area contributed by atoms with Gasteiger partial charge in [-0.2, -0.15) is 13.2 Å². The van der Waals surface area contributed by atoms with Gasteiger partial charge in [-0.15, -0.1) is 0 Å². The molecule has 0 unspecified atom stereocenters. The van der Waals surface area contributed by atoms with Gasteiger partial charge < -0.3 is 14.4 Å². The van der Waals surface area contributed by atoms with Crippen LogP contribution in [-0.2, 0) is 26.2 Å². The molecule has 0 aliphatic carbocycles. The monoisotopic (exact) mass is 395 g/mol. The molecule has 0 bridgehead atoms. The maximum absolute atomic E-state index is 14.5. The molecule has 3 atom stereocenters. The summed E-state index contributed by atoms with van der Waals surface area (Å²) in [7, 11) is 0. The second kappa shape index (κ2) is 5.03. The smallest absolute Gasteiger partial charge is 0.341 e. The quantitative estimate of drug-likeness (QED) is 0.672. The van der Waals surface area contributed by atoms with E-state index in [1.165, 1.54) is 26.0 Å². The van der Waals surface area contributed by atoms with E-state index in [2.05, 4.69) is 0 Å². The molecule has 3 aliphatic rings. The minimum atomic E-state index is -4.80. The predicted octanol–water partition coefficient (Wildman–Crippen LogP) is 3.67. The van der Waals surface area contributed by atoms with Crippen molar-refractivity contribution < 1.29 is 27.4 Å². The molecule has 1 aromatic carbocycles. The summed E-state index contributed by atoms with van der Waals surface area (Å²) in [4.78, 5) is 13.5. The number of hydrogen-bond acceptors (Lipinski definition) is 3. The van der Waals surface area contributed by atoms with Crippen molar-refractivity contribution in [1.82, 2.24) is 4.90 Å². The predicted molar refractivity (Wildman–Crippen MR) is 83.4 cm³/mol. The third kappa shape index (κ3) is 2.13. The van der Waals surface area contributed by atoms with Crippen molar-refractivity contribution in [2.75, 3.05) is 6.54 Å². The summed E-state index contributed by atoms with van der Waals surface area (Å²) >= 11 is 12.2. The molecule has 0 aromatic heterocycles. The van der Waals surface area contributed by atoms with Crippen LogP contribution in [-0.4, -0.2) is 41.5 Å². The maximum Gasteiger partial charge on any atom is 0.418 e. The first-order valence-electron chi connectivity index (χ1n) is 7.71. The van der Waals surface area contributed by atoms with Crippen LogP contribution in [0, 0.1) is 0 Å². The largest absolute Gasteiger partial charge is 0.418 e. The van der Waals surface area contributed by atoms with E-state index in [9.17, 15) is 18.0 Å². The highest BCUT2D eigenvalue weighted by atomic mass is 35.5. The molecule has 1 amide bonds. The van der Waals surface area contributed by atoms with Crippen molar-refractivity contribution in [1.29, 1.82) is 0 Å². The van der Waals surface area contributed by atoms with Crippen LogP contribution in [0.4, 0.5) is 13.2 Å². The van der Waals surface area contributed by atoms with Crippen molar-refractivity contribution in [3.05, 3.63) is 33.3 Å². The summed E-state index contributed by atoms with van der Waals surface area (Å²) in [5.41, 5.74) is -2.46. The van der Waals surface area contributed by atoms with Crippen LogP contribution in [0.1, 0.15) is 25.0 Å². The van der Waals surface area contributed by atoms with Crippen molar-refractivity contribution in [3.8, 4) is 0 Å². The van der Waals surface area contributed by atoms with Gasteiger partial charge in [-0.1, -0.05) is 23.2 Å². The maximum atomic E-state index is 14.5. The lowest BCUT2D eigenvalue weighted by Gasteiger charge is -2.47. The lowest BCUT2D eigenvalue weighted by Crippen LogP contribution is -2.62. The van der Waals surface area contributed by atoms with E-state index >= 15 is 0 Å². The molecule has 0 radical (unpaired) electrons. The fourth-order valence-electron chi connectivity index (χ4n) is 4.20. The highest BCUT2D eigenvalue weighted by Crippen LogP contribution is 2.59. The number of benzene rings is 1. The lowest BCUT2D eigenvalue weighted by atomic mass is 9.77. The standard InChI is InChI=1S/C16H14Cl2F3NO3/c1-14(2)24-11-12(25-14)15(16(19,20)21)9-5-7(17)6-10(18)8(9)3-4-22(15)13(11)23/h5-6,11-12H,3-4H2,1-2H3/t11-,12+,15+/m1/s1. The van der Waals surface area contributed by atoms with Gasteiger partial charge in [0.25, 0.3) is 5.91 Å². The first kappa shape index (κ1) is 17.4. The Morgan fingerprint density at radius 2 is 1.92 bits per heavy atom. The second-order valence-corrected chi connectivity index (χ2v) is 7.74. The minimum Gasteiger partial charge on any atom is -0.341 e. The van der Waals surface area contributed by atoms with Gasteiger partial charge in [0.15, 0.2) is 17.4 Å². The molecule has 3 aliphatic heterocycles. The Morgan fingerprint density at radius 3 is 2.56 bits per heavy atom. The number of nitrogens with zero attached hydrogens (tertiary/aromatic N) is 1. The molecule has 4 rings (SSSR count). The molecule has 25 heavy (non-hydrogen) atoms. The first-order chi connectivity index (χ1) is 11.5. The second-order valence-electron chi connectivity index (χ2n) is 6.89. The van der Waals surface area contributed by atoms with Gasteiger partial charge in [0, 0.05) is 16.6 Å². The molecule has 0 saturated carbocycles. The van der Waals surface area contributed by atoms with Gasteiger partial charge in [-0.05, 0) is 43.5 Å². The minimum absolute atomic E-state index is 0.0725. The molecular weight excluding hydrogens is 382 g/mol. The van der Waals surface area contributed by atoms with Crippen LogP contribution in [0.15, 0.2) is 12.1 Å². The van der Waals surface area contributed by atoms with Crippen molar-refractivity contribution in [2.45, 2.75) is 50.0 Å². The van der Waals surface area contributed by atoms with Gasteiger partial charge in [0.05, 0.1) is 0 Å².